The minimum absolute atomic E-state index is 0.354. The van der Waals surface area contributed by atoms with Crippen molar-refractivity contribution in [3.8, 4) is 0 Å². The van der Waals surface area contributed by atoms with Crippen LogP contribution in [0.15, 0.2) is 0 Å². The van der Waals surface area contributed by atoms with E-state index in [9.17, 15) is 13.2 Å². The molecule has 1 aliphatic heterocycles. The molecular formula is C9H17F3N2O. The van der Waals surface area contributed by atoms with Crippen LogP contribution in [0.3, 0.4) is 0 Å². The Balaban J connectivity index is 2.04. The molecule has 1 N–H and O–H groups in total. The number of hydrogen-bond donors (Lipinski definition) is 1. The first kappa shape index (κ1) is 12.7. The van der Waals surface area contributed by atoms with Crippen molar-refractivity contribution in [1.82, 2.24) is 10.2 Å². The minimum atomic E-state index is -4.12. The molecule has 0 radical (unpaired) electrons. The van der Waals surface area contributed by atoms with Gasteiger partial charge in [-0.3, -0.25) is 4.90 Å². The summed E-state index contributed by atoms with van der Waals surface area (Å²) in [7, 11) is 1.91. The predicted octanol–water partition coefficient (Wildman–Crippen LogP) is 0.859. The number of halogens is 3. The van der Waals surface area contributed by atoms with Crippen molar-refractivity contribution >= 4 is 0 Å². The van der Waals surface area contributed by atoms with E-state index >= 15 is 0 Å². The van der Waals surface area contributed by atoms with Gasteiger partial charge < -0.3 is 10.1 Å². The lowest BCUT2D eigenvalue weighted by molar-refractivity contribution is -0.124. The van der Waals surface area contributed by atoms with Gasteiger partial charge in [-0.1, -0.05) is 0 Å². The number of rotatable bonds is 5. The van der Waals surface area contributed by atoms with Crippen LogP contribution in [0.2, 0.25) is 0 Å². The lowest BCUT2D eigenvalue weighted by Crippen LogP contribution is -2.39. The number of hydrogen-bond acceptors (Lipinski definition) is 3. The summed E-state index contributed by atoms with van der Waals surface area (Å²) >= 11 is 0. The topological polar surface area (TPSA) is 24.5 Å². The Labute approximate surface area is 87.6 Å². The van der Waals surface area contributed by atoms with Crippen LogP contribution in [-0.4, -0.2) is 57.0 Å². The quantitative estimate of drug-likeness (QED) is 0.704. The van der Waals surface area contributed by atoms with E-state index in [0.717, 1.165) is 13.0 Å². The van der Waals surface area contributed by atoms with Gasteiger partial charge in [0.05, 0.1) is 13.2 Å². The zero-order valence-corrected chi connectivity index (χ0v) is 8.81. The van der Waals surface area contributed by atoms with Gasteiger partial charge in [0.25, 0.3) is 0 Å². The highest BCUT2D eigenvalue weighted by Crippen LogP contribution is 2.12. The Morgan fingerprint density at radius 3 is 2.73 bits per heavy atom. The Morgan fingerprint density at radius 1 is 1.47 bits per heavy atom. The summed E-state index contributed by atoms with van der Waals surface area (Å²) in [6.07, 6.45) is -3.15. The highest BCUT2D eigenvalue weighted by Gasteiger charge is 2.26. The minimum Gasteiger partial charge on any atom is -0.380 e. The van der Waals surface area contributed by atoms with Crippen molar-refractivity contribution < 1.29 is 17.9 Å². The lowest BCUT2D eigenvalue weighted by atomic mass is 10.2. The summed E-state index contributed by atoms with van der Waals surface area (Å²) in [5.41, 5.74) is 0. The van der Waals surface area contributed by atoms with Crippen LogP contribution in [0.5, 0.6) is 0 Å². The Kier molecular flexibility index (Phi) is 4.82. The summed E-state index contributed by atoms with van der Waals surface area (Å²) in [5, 5.41) is 2.37. The average Bonchev–Trinajstić information content (AvgIpc) is 2.63. The van der Waals surface area contributed by atoms with Gasteiger partial charge in [-0.25, -0.2) is 0 Å². The molecule has 1 saturated heterocycles. The van der Waals surface area contributed by atoms with Crippen molar-refractivity contribution in [3.05, 3.63) is 0 Å². The largest absolute Gasteiger partial charge is 0.401 e. The highest BCUT2D eigenvalue weighted by molar-refractivity contribution is 4.73. The SMILES string of the molecule is CN(CCNCC(F)(F)F)C1CCOC1. The van der Waals surface area contributed by atoms with Crippen LogP contribution in [-0.2, 0) is 4.74 Å². The van der Waals surface area contributed by atoms with Crippen LogP contribution in [0.25, 0.3) is 0 Å². The van der Waals surface area contributed by atoms with Crippen LogP contribution in [0, 0.1) is 0 Å². The number of likely N-dealkylation sites (N-methyl/N-ethyl adjacent to an activating group) is 1. The second kappa shape index (κ2) is 5.67. The van der Waals surface area contributed by atoms with Crippen molar-refractivity contribution in [2.75, 3.05) is 39.9 Å². The molecule has 1 fully saturated rings. The van der Waals surface area contributed by atoms with E-state index in [1.54, 1.807) is 0 Å². The third-order valence-electron chi connectivity index (χ3n) is 2.50. The van der Waals surface area contributed by atoms with Gasteiger partial charge in [-0.2, -0.15) is 13.2 Å². The van der Waals surface area contributed by atoms with E-state index in [1.807, 2.05) is 11.9 Å². The number of ether oxygens (including phenoxy) is 1. The van der Waals surface area contributed by atoms with Crippen molar-refractivity contribution in [3.63, 3.8) is 0 Å². The normalized spacial score (nSPS) is 22.6. The third kappa shape index (κ3) is 5.34. The summed E-state index contributed by atoms with van der Waals surface area (Å²) < 4.78 is 40.6. The Hall–Kier alpha value is -0.330. The molecule has 3 nitrogen and oxygen atoms in total. The van der Waals surface area contributed by atoms with Crippen molar-refractivity contribution in [2.24, 2.45) is 0 Å². The molecule has 0 aromatic heterocycles. The summed E-state index contributed by atoms with van der Waals surface area (Å²) in [6.45, 7) is 1.50. The zero-order valence-electron chi connectivity index (χ0n) is 8.81. The van der Waals surface area contributed by atoms with E-state index in [4.69, 9.17) is 4.74 Å². The fourth-order valence-corrected chi connectivity index (χ4v) is 1.54. The van der Waals surface area contributed by atoms with E-state index in [-0.39, 0.29) is 0 Å². The summed E-state index contributed by atoms with van der Waals surface area (Å²) in [5.74, 6) is 0. The molecule has 0 saturated carbocycles. The highest BCUT2D eigenvalue weighted by atomic mass is 19.4. The molecule has 1 unspecified atom stereocenters. The van der Waals surface area contributed by atoms with E-state index in [0.29, 0.717) is 25.7 Å². The maximum Gasteiger partial charge on any atom is 0.401 e. The monoisotopic (exact) mass is 226 g/mol. The van der Waals surface area contributed by atoms with Crippen LogP contribution in [0.4, 0.5) is 13.2 Å². The van der Waals surface area contributed by atoms with Crippen molar-refractivity contribution in [2.45, 2.75) is 18.6 Å². The molecule has 0 aromatic carbocycles. The number of nitrogens with one attached hydrogen (secondary N) is 1. The molecule has 0 spiro atoms. The molecular weight excluding hydrogens is 209 g/mol. The number of nitrogens with zero attached hydrogens (tertiary/aromatic N) is 1. The van der Waals surface area contributed by atoms with Gasteiger partial charge in [-0.05, 0) is 13.5 Å². The molecule has 15 heavy (non-hydrogen) atoms. The van der Waals surface area contributed by atoms with Crippen LogP contribution >= 0.6 is 0 Å². The Morgan fingerprint density at radius 2 is 2.20 bits per heavy atom. The van der Waals surface area contributed by atoms with Gasteiger partial charge >= 0.3 is 6.18 Å². The van der Waals surface area contributed by atoms with Gasteiger partial charge in [0.15, 0.2) is 0 Å². The first-order valence-corrected chi connectivity index (χ1v) is 5.04. The maximum atomic E-state index is 11.8. The van der Waals surface area contributed by atoms with Gasteiger partial charge in [0, 0.05) is 25.7 Å². The fraction of sp³-hybridized carbons (Fsp3) is 1.00. The first-order valence-electron chi connectivity index (χ1n) is 5.04. The van der Waals surface area contributed by atoms with E-state index in [2.05, 4.69) is 5.32 Å². The predicted molar refractivity (Wildman–Crippen MR) is 50.8 cm³/mol. The lowest BCUT2D eigenvalue weighted by Gasteiger charge is -2.22. The second-order valence-electron chi connectivity index (χ2n) is 3.79. The molecule has 1 rings (SSSR count). The fourth-order valence-electron chi connectivity index (χ4n) is 1.54. The maximum absolute atomic E-state index is 11.8. The molecule has 0 aromatic rings. The van der Waals surface area contributed by atoms with Gasteiger partial charge in [-0.15, -0.1) is 0 Å². The number of alkyl halides is 3. The molecule has 1 atom stereocenters. The third-order valence-corrected chi connectivity index (χ3v) is 2.50. The molecule has 90 valence electrons. The summed E-state index contributed by atoms with van der Waals surface area (Å²) in [6, 6.07) is 0.359. The molecule has 0 aliphatic carbocycles. The van der Waals surface area contributed by atoms with E-state index < -0.39 is 12.7 Å². The molecule has 6 heteroatoms. The van der Waals surface area contributed by atoms with Crippen LogP contribution in [0.1, 0.15) is 6.42 Å². The van der Waals surface area contributed by atoms with Crippen molar-refractivity contribution in [1.29, 1.82) is 0 Å². The van der Waals surface area contributed by atoms with Crippen LogP contribution < -0.4 is 5.32 Å². The molecule has 1 aliphatic rings. The van der Waals surface area contributed by atoms with Gasteiger partial charge in [0.2, 0.25) is 0 Å². The van der Waals surface area contributed by atoms with E-state index in [1.165, 1.54) is 0 Å². The first-order chi connectivity index (χ1) is 6.99. The standard InChI is InChI=1S/C9H17F3N2O/c1-14(8-2-5-15-6-8)4-3-13-7-9(10,11)12/h8,13H,2-7H2,1H3. The Bertz CT molecular complexity index is 181. The smallest absolute Gasteiger partial charge is 0.380 e. The molecule has 0 amide bonds. The molecule has 0 bridgehead atoms. The average molecular weight is 226 g/mol. The summed E-state index contributed by atoms with van der Waals surface area (Å²) in [4.78, 5) is 2.04. The molecule has 1 heterocycles. The van der Waals surface area contributed by atoms with Gasteiger partial charge in [0.1, 0.15) is 0 Å². The zero-order chi connectivity index (χ0) is 11.3. The second-order valence-corrected chi connectivity index (χ2v) is 3.79.